The molecule has 9 nitrogen and oxygen atoms in total. The molecule has 0 fully saturated rings. The van der Waals surface area contributed by atoms with Crippen molar-refractivity contribution >= 4 is 28.5 Å². The summed E-state index contributed by atoms with van der Waals surface area (Å²) in [7, 11) is 3.45. The monoisotopic (exact) mass is 432 g/mol. The van der Waals surface area contributed by atoms with Crippen LogP contribution in [0, 0.1) is 12.7 Å². The number of fused-ring (bicyclic) bond motifs is 1. The van der Waals surface area contributed by atoms with Crippen LogP contribution in [0.25, 0.3) is 11.0 Å². The number of ether oxygens (including phenoxy) is 3. The lowest BCUT2D eigenvalue weighted by Gasteiger charge is -2.17. The Morgan fingerprint density at radius 2 is 2.03 bits per heavy atom. The SMILES string of the molecule is CCOCCn1nc(OCOC)c2nc(N(C)CC)nc(Nc3ccc(F)c(C)c3)c21. The molecule has 2 heterocycles. The minimum atomic E-state index is -0.262. The molecule has 0 radical (unpaired) electrons. The van der Waals surface area contributed by atoms with Crippen molar-refractivity contribution in [3.63, 3.8) is 0 Å². The number of benzene rings is 1. The summed E-state index contributed by atoms with van der Waals surface area (Å²) < 4.78 is 31.7. The van der Waals surface area contributed by atoms with Gasteiger partial charge in [-0.1, -0.05) is 0 Å². The van der Waals surface area contributed by atoms with E-state index in [0.717, 1.165) is 0 Å². The molecule has 168 valence electrons. The molecule has 0 aliphatic rings. The van der Waals surface area contributed by atoms with Gasteiger partial charge in [-0.05, 0) is 44.5 Å². The molecule has 0 bridgehead atoms. The van der Waals surface area contributed by atoms with E-state index in [1.165, 1.54) is 6.07 Å². The lowest BCUT2D eigenvalue weighted by molar-refractivity contribution is 0.0479. The molecule has 0 unspecified atom stereocenters. The van der Waals surface area contributed by atoms with E-state index in [1.54, 1.807) is 30.8 Å². The number of halogens is 1. The largest absolute Gasteiger partial charge is 0.448 e. The second-order valence-electron chi connectivity index (χ2n) is 6.95. The lowest BCUT2D eigenvalue weighted by atomic mass is 10.2. The fourth-order valence-electron chi connectivity index (χ4n) is 2.97. The zero-order valence-electron chi connectivity index (χ0n) is 18.6. The first-order valence-electron chi connectivity index (χ1n) is 10.2. The average Bonchev–Trinajstić information content (AvgIpc) is 3.12. The molecule has 3 aromatic rings. The second kappa shape index (κ2) is 10.4. The molecule has 0 saturated carbocycles. The Morgan fingerprint density at radius 1 is 1.23 bits per heavy atom. The van der Waals surface area contributed by atoms with E-state index in [1.807, 2.05) is 25.8 Å². The van der Waals surface area contributed by atoms with Gasteiger partial charge in [-0.2, -0.15) is 4.98 Å². The van der Waals surface area contributed by atoms with Crippen LogP contribution in [0.15, 0.2) is 18.2 Å². The summed E-state index contributed by atoms with van der Waals surface area (Å²) in [5.74, 6) is 1.15. The molecule has 0 atom stereocenters. The minimum absolute atomic E-state index is 0.0421. The van der Waals surface area contributed by atoms with Crippen molar-refractivity contribution in [2.75, 3.05) is 50.9 Å². The maximum Gasteiger partial charge on any atom is 0.262 e. The molecular weight excluding hydrogens is 403 g/mol. The number of nitrogens with zero attached hydrogens (tertiary/aromatic N) is 5. The first-order valence-corrected chi connectivity index (χ1v) is 10.2. The van der Waals surface area contributed by atoms with E-state index >= 15 is 0 Å². The Kier molecular flexibility index (Phi) is 7.59. The third-order valence-corrected chi connectivity index (χ3v) is 4.75. The standard InChI is InChI=1S/C21H29FN6O3/c1-6-27(4)21-24-17-18(19(25-21)23-15-8-9-16(22)14(3)12-15)28(10-11-30-7-2)26-20(17)31-13-29-5/h8-9,12H,6-7,10-11,13H2,1-5H3,(H,23,24,25). The van der Waals surface area contributed by atoms with E-state index < -0.39 is 0 Å². The van der Waals surface area contributed by atoms with Gasteiger partial charge in [-0.25, -0.2) is 9.37 Å². The molecule has 0 aliphatic carbocycles. The highest BCUT2D eigenvalue weighted by molar-refractivity contribution is 5.92. The quantitative estimate of drug-likeness (QED) is 0.364. The summed E-state index contributed by atoms with van der Waals surface area (Å²) in [6.07, 6.45) is 0. The molecule has 1 N–H and O–H groups in total. The van der Waals surface area contributed by atoms with Crippen molar-refractivity contribution in [2.45, 2.75) is 27.3 Å². The van der Waals surface area contributed by atoms with Crippen molar-refractivity contribution in [3.05, 3.63) is 29.6 Å². The van der Waals surface area contributed by atoms with Crippen LogP contribution in [-0.4, -0.2) is 60.5 Å². The highest BCUT2D eigenvalue weighted by Crippen LogP contribution is 2.32. The van der Waals surface area contributed by atoms with E-state index in [0.29, 0.717) is 66.2 Å². The maximum absolute atomic E-state index is 13.7. The third-order valence-electron chi connectivity index (χ3n) is 4.75. The van der Waals surface area contributed by atoms with Gasteiger partial charge in [0, 0.05) is 33.0 Å². The second-order valence-corrected chi connectivity index (χ2v) is 6.95. The first kappa shape index (κ1) is 22.7. The summed E-state index contributed by atoms with van der Waals surface area (Å²) in [4.78, 5) is 11.3. The maximum atomic E-state index is 13.7. The number of nitrogens with one attached hydrogen (secondary N) is 1. The van der Waals surface area contributed by atoms with Crippen LogP contribution in [0.1, 0.15) is 19.4 Å². The fraction of sp³-hybridized carbons (Fsp3) is 0.476. The summed E-state index contributed by atoms with van der Waals surface area (Å²) in [5.41, 5.74) is 2.47. The van der Waals surface area contributed by atoms with Gasteiger partial charge in [0.15, 0.2) is 18.1 Å². The van der Waals surface area contributed by atoms with Crippen molar-refractivity contribution < 1.29 is 18.6 Å². The summed E-state index contributed by atoms with van der Waals surface area (Å²) in [5, 5.41) is 7.87. The van der Waals surface area contributed by atoms with Gasteiger partial charge >= 0.3 is 0 Å². The Hall–Kier alpha value is -2.98. The van der Waals surface area contributed by atoms with Crippen molar-refractivity contribution in [1.29, 1.82) is 0 Å². The van der Waals surface area contributed by atoms with Gasteiger partial charge < -0.3 is 24.4 Å². The van der Waals surface area contributed by atoms with E-state index in [4.69, 9.17) is 24.2 Å². The number of rotatable bonds is 11. The number of hydrogen-bond donors (Lipinski definition) is 1. The predicted octanol–water partition coefficient (Wildman–Crippen LogP) is 3.49. The van der Waals surface area contributed by atoms with Crippen LogP contribution in [-0.2, 0) is 16.0 Å². The molecule has 0 spiro atoms. The van der Waals surface area contributed by atoms with Gasteiger partial charge in [0.1, 0.15) is 11.3 Å². The summed E-state index contributed by atoms with van der Waals surface area (Å²) in [6, 6.07) is 4.83. The van der Waals surface area contributed by atoms with Crippen LogP contribution < -0.4 is 15.0 Å². The fourth-order valence-corrected chi connectivity index (χ4v) is 2.97. The van der Waals surface area contributed by atoms with Crippen molar-refractivity contribution in [2.24, 2.45) is 0 Å². The molecule has 0 aliphatic heterocycles. The Bertz CT molecular complexity index is 1030. The molecule has 3 rings (SSSR count). The van der Waals surface area contributed by atoms with Gasteiger partial charge in [0.2, 0.25) is 5.95 Å². The van der Waals surface area contributed by atoms with Crippen LogP contribution in [0.4, 0.5) is 21.8 Å². The Balaban J connectivity index is 2.14. The van der Waals surface area contributed by atoms with Crippen LogP contribution in [0.2, 0.25) is 0 Å². The van der Waals surface area contributed by atoms with Gasteiger partial charge in [-0.15, -0.1) is 5.10 Å². The third kappa shape index (κ3) is 5.20. The van der Waals surface area contributed by atoms with Gasteiger partial charge in [0.25, 0.3) is 5.88 Å². The van der Waals surface area contributed by atoms with E-state index in [-0.39, 0.29) is 12.6 Å². The molecule has 0 amide bonds. The van der Waals surface area contributed by atoms with Gasteiger partial charge in [0.05, 0.1) is 13.2 Å². The lowest BCUT2D eigenvalue weighted by Crippen LogP contribution is -2.19. The zero-order chi connectivity index (χ0) is 22.4. The number of hydrogen-bond acceptors (Lipinski definition) is 8. The van der Waals surface area contributed by atoms with Crippen LogP contribution in [0.5, 0.6) is 5.88 Å². The minimum Gasteiger partial charge on any atom is -0.448 e. The molecule has 10 heteroatoms. The first-order chi connectivity index (χ1) is 15.0. The van der Waals surface area contributed by atoms with Crippen molar-refractivity contribution in [3.8, 4) is 5.88 Å². The molecule has 1 aromatic carbocycles. The highest BCUT2D eigenvalue weighted by atomic mass is 19.1. The summed E-state index contributed by atoms with van der Waals surface area (Å²) in [6.45, 7) is 8.00. The normalized spacial score (nSPS) is 11.2. The summed E-state index contributed by atoms with van der Waals surface area (Å²) >= 11 is 0. The number of aryl methyl sites for hydroxylation is 1. The number of methoxy groups -OCH3 is 1. The smallest absolute Gasteiger partial charge is 0.262 e. The van der Waals surface area contributed by atoms with E-state index in [9.17, 15) is 4.39 Å². The highest BCUT2D eigenvalue weighted by Gasteiger charge is 2.21. The van der Waals surface area contributed by atoms with Crippen LogP contribution in [0.3, 0.4) is 0 Å². The molecular formula is C21H29FN6O3. The van der Waals surface area contributed by atoms with Crippen molar-refractivity contribution in [1.82, 2.24) is 19.7 Å². The van der Waals surface area contributed by atoms with Gasteiger partial charge in [-0.3, -0.25) is 4.68 Å². The Morgan fingerprint density at radius 3 is 2.71 bits per heavy atom. The topological polar surface area (TPSA) is 86.6 Å². The number of aromatic nitrogens is 4. The predicted molar refractivity (Wildman–Crippen MR) is 118 cm³/mol. The molecule has 2 aromatic heterocycles. The molecule has 0 saturated heterocycles. The molecule has 31 heavy (non-hydrogen) atoms. The Labute approximate surface area is 181 Å². The zero-order valence-corrected chi connectivity index (χ0v) is 18.6. The van der Waals surface area contributed by atoms with E-state index in [2.05, 4.69) is 10.4 Å². The average molecular weight is 433 g/mol. The number of anilines is 3. The van der Waals surface area contributed by atoms with Crippen LogP contribution >= 0.6 is 0 Å².